The van der Waals surface area contributed by atoms with Crippen LogP contribution in [0.5, 0.6) is 0 Å². The van der Waals surface area contributed by atoms with E-state index >= 15 is 0 Å². The van der Waals surface area contributed by atoms with Crippen molar-refractivity contribution in [1.82, 2.24) is 19.5 Å². The van der Waals surface area contributed by atoms with Crippen molar-refractivity contribution in [1.29, 1.82) is 0 Å². The molecule has 0 unspecified atom stereocenters. The molecule has 6 heteroatoms. The molecule has 3 aromatic heterocycles. The minimum atomic E-state index is -0.222. The van der Waals surface area contributed by atoms with Crippen molar-refractivity contribution in [2.45, 2.75) is 13.0 Å². The van der Waals surface area contributed by atoms with Crippen LogP contribution in [0, 0.1) is 0 Å². The van der Waals surface area contributed by atoms with Gasteiger partial charge in [-0.25, -0.2) is 14.8 Å². The second kappa shape index (κ2) is 5.24. The highest BCUT2D eigenvalue weighted by molar-refractivity contribution is 5.70. The van der Waals surface area contributed by atoms with Crippen molar-refractivity contribution in [3.8, 4) is 11.3 Å². The van der Waals surface area contributed by atoms with Gasteiger partial charge < -0.3 is 4.42 Å². The van der Waals surface area contributed by atoms with Gasteiger partial charge in [-0.2, -0.15) is 0 Å². The summed E-state index contributed by atoms with van der Waals surface area (Å²) in [5, 5.41) is 0. The zero-order valence-electron chi connectivity index (χ0n) is 12.4. The average Bonchev–Trinajstić information content (AvgIpc) is 3.21. The van der Waals surface area contributed by atoms with E-state index in [0.717, 1.165) is 11.1 Å². The molecule has 114 valence electrons. The number of rotatable bonds is 3. The number of fused-ring (bicyclic) bond motifs is 1. The topological polar surface area (TPSA) is 76.7 Å². The fourth-order valence-electron chi connectivity index (χ4n) is 2.68. The minimum absolute atomic E-state index is 0.147. The molecule has 1 atom stereocenters. The maximum atomic E-state index is 12.4. The summed E-state index contributed by atoms with van der Waals surface area (Å²) >= 11 is 0. The van der Waals surface area contributed by atoms with Gasteiger partial charge in [0.15, 0.2) is 11.3 Å². The Morgan fingerprint density at radius 2 is 2.04 bits per heavy atom. The monoisotopic (exact) mass is 306 g/mol. The van der Waals surface area contributed by atoms with Crippen LogP contribution >= 0.6 is 0 Å². The quantitative estimate of drug-likeness (QED) is 0.631. The molecule has 3 heterocycles. The number of aromatic nitrogens is 4. The van der Waals surface area contributed by atoms with Crippen LogP contribution in [0.15, 0.2) is 64.3 Å². The molecule has 6 nitrogen and oxygen atoms in total. The third kappa shape index (κ3) is 2.24. The molecule has 0 radical (unpaired) electrons. The molecule has 1 aromatic carbocycles. The van der Waals surface area contributed by atoms with E-state index in [1.807, 2.05) is 43.3 Å². The van der Waals surface area contributed by atoms with Gasteiger partial charge in [0.25, 0.3) is 0 Å². The van der Waals surface area contributed by atoms with Gasteiger partial charge >= 0.3 is 5.69 Å². The molecular weight excluding hydrogens is 292 g/mol. The van der Waals surface area contributed by atoms with Gasteiger partial charge in [0, 0.05) is 5.56 Å². The SMILES string of the molecule is C[C@@H](c1ccccc1)n1c(=O)[nH]c2ncc(-c3ccoc3)nc21. The van der Waals surface area contributed by atoms with Gasteiger partial charge in [0.05, 0.1) is 30.5 Å². The molecule has 0 aliphatic heterocycles. The Hall–Kier alpha value is -3.15. The van der Waals surface area contributed by atoms with Gasteiger partial charge in [-0.3, -0.25) is 9.55 Å². The van der Waals surface area contributed by atoms with Gasteiger partial charge in [0.1, 0.15) is 0 Å². The third-order valence-electron chi connectivity index (χ3n) is 3.91. The molecule has 0 saturated carbocycles. The molecule has 1 N–H and O–H groups in total. The first kappa shape index (κ1) is 13.5. The Labute approximate surface area is 131 Å². The Morgan fingerprint density at radius 1 is 1.22 bits per heavy atom. The summed E-state index contributed by atoms with van der Waals surface area (Å²) in [4.78, 5) is 24.0. The molecule has 4 aromatic rings. The lowest BCUT2D eigenvalue weighted by Gasteiger charge is -2.13. The standard InChI is InChI=1S/C17H14N4O2/c1-11(12-5-3-2-4-6-12)21-16-15(20-17(21)22)18-9-14(19-16)13-7-8-23-10-13/h2-11H,1H3,(H,18,20,22)/t11-/m0/s1. The minimum Gasteiger partial charge on any atom is -0.472 e. The summed E-state index contributed by atoms with van der Waals surface area (Å²) in [7, 11) is 0. The Kier molecular flexibility index (Phi) is 3.08. The van der Waals surface area contributed by atoms with E-state index in [9.17, 15) is 4.79 Å². The van der Waals surface area contributed by atoms with Crippen LogP contribution in [0.1, 0.15) is 18.5 Å². The highest BCUT2D eigenvalue weighted by Gasteiger charge is 2.17. The molecule has 4 rings (SSSR count). The predicted molar refractivity (Wildman–Crippen MR) is 86.1 cm³/mol. The molecule has 0 spiro atoms. The van der Waals surface area contributed by atoms with E-state index < -0.39 is 0 Å². The number of aromatic amines is 1. The number of H-pyrrole nitrogens is 1. The molecule has 0 bridgehead atoms. The zero-order chi connectivity index (χ0) is 15.8. The van der Waals surface area contributed by atoms with Crippen LogP contribution < -0.4 is 5.69 Å². The lowest BCUT2D eigenvalue weighted by atomic mass is 10.1. The maximum Gasteiger partial charge on any atom is 0.329 e. The summed E-state index contributed by atoms with van der Waals surface area (Å²) in [6, 6.07) is 11.5. The average molecular weight is 306 g/mol. The van der Waals surface area contributed by atoms with Gasteiger partial charge in [-0.1, -0.05) is 30.3 Å². The summed E-state index contributed by atoms with van der Waals surface area (Å²) in [6.45, 7) is 1.97. The van der Waals surface area contributed by atoms with Crippen LogP contribution in [-0.4, -0.2) is 19.5 Å². The number of imidazole rings is 1. The molecule has 0 saturated heterocycles. The fraction of sp³-hybridized carbons (Fsp3) is 0.118. The Balaban J connectivity index is 1.90. The van der Waals surface area contributed by atoms with Crippen LogP contribution in [0.4, 0.5) is 0 Å². The third-order valence-corrected chi connectivity index (χ3v) is 3.91. The number of hydrogen-bond donors (Lipinski definition) is 1. The highest BCUT2D eigenvalue weighted by atomic mass is 16.3. The molecule has 0 aliphatic carbocycles. The van der Waals surface area contributed by atoms with Crippen molar-refractivity contribution in [2.24, 2.45) is 0 Å². The van der Waals surface area contributed by atoms with E-state index in [4.69, 9.17) is 4.42 Å². The smallest absolute Gasteiger partial charge is 0.329 e. The largest absolute Gasteiger partial charge is 0.472 e. The fourth-order valence-corrected chi connectivity index (χ4v) is 2.68. The summed E-state index contributed by atoms with van der Waals surface area (Å²) in [5.41, 5.74) is 3.31. The van der Waals surface area contributed by atoms with Crippen molar-refractivity contribution < 1.29 is 4.42 Å². The second-order valence-electron chi connectivity index (χ2n) is 5.33. The van der Waals surface area contributed by atoms with Gasteiger partial charge in [-0.15, -0.1) is 0 Å². The number of furan rings is 1. The Morgan fingerprint density at radius 3 is 2.78 bits per heavy atom. The van der Waals surface area contributed by atoms with E-state index in [-0.39, 0.29) is 11.7 Å². The molecule has 23 heavy (non-hydrogen) atoms. The maximum absolute atomic E-state index is 12.4. The predicted octanol–water partition coefficient (Wildman–Crippen LogP) is 2.99. The number of hydrogen-bond acceptors (Lipinski definition) is 4. The van der Waals surface area contributed by atoms with Gasteiger partial charge in [-0.05, 0) is 18.6 Å². The van der Waals surface area contributed by atoms with Crippen LogP contribution in [0.3, 0.4) is 0 Å². The van der Waals surface area contributed by atoms with E-state index in [0.29, 0.717) is 17.0 Å². The van der Waals surface area contributed by atoms with E-state index in [1.54, 1.807) is 23.3 Å². The summed E-state index contributed by atoms with van der Waals surface area (Å²) < 4.78 is 6.72. The van der Waals surface area contributed by atoms with E-state index in [2.05, 4.69) is 15.0 Å². The normalized spacial score (nSPS) is 12.6. The summed E-state index contributed by atoms with van der Waals surface area (Å²) in [5.74, 6) is 0. The van der Waals surface area contributed by atoms with Crippen molar-refractivity contribution >= 4 is 11.3 Å². The molecular formula is C17H14N4O2. The summed E-state index contributed by atoms with van der Waals surface area (Å²) in [6.07, 6.45) is 4.81. The molecule has 0 amide bonds. The van der Waals surface area contributed by atoms with Crippen LogP contribution in [0.2, 0.25) is 0 Å². The lowest BCUT2D eigenvalue weighted by Crippen LogP contribution is -2.21. The zero-order valence-corrected chi connectivity index (χ0v) is 12.4. The van der Waals surface area contributed by atoms with Crippen molar-refractivity contribution in [3.05, 3.63) is 71.2 Å². The second-order valence-corrected chi connectivity index (χ2v) is 5.33. The first-order valence-electron chi connectivity index (χ1n) is 7.29. The lowest BCUT2D eigenvalue weighted by molar-refractivity contribution is 0.568. The number of nitrogens with one attached hydrogen (secondary N) is 1. The first-order valence-corrected chi connectivity index (χ1v) is 7.29. The molecule has 0 aliphatic rings. The first-order chi connectivity index (χ1) is 11.2. The Bertz CT molecular complexity index is 1000. The van der Waals surface area contributed by atoms with Crippen molar-refractivity contribution in [2.75, 3.05) is 0 Å². The highest BCUT2D eigenvalue weighted by Crippen LogP contribution is 2.22. The van der Waals surface area contributed by atoms with E-state index in [1.165, 1.54) is 0 Å². The van der Waals surface area contributed by atoms with Gasteiger partial charge in [0.2, 0.25) is 0 Å². The number of nitrogens with zero attached hydrogens (tertiary/aromatic N) is 3. The van der Waals surface area contributed by atoms with Crippen molar-refractivity contribution in [3.63, 3.8) is 0 Å². The van der Waals surface area contributed by atoms with Crippen LogP contribution in [0.25, 0.3) is 22.6 Å². The van der Waals surface area contributed by atoms with Crippen LogP contribution in [-0.2, 0) is 0 Å². The molecule has 0 fully saturated rings. The number of benzene rings is 1.